The molecule has 2 aromatic heterocycles. The Balaban J connectivity index is 2.11. The molecule has 0 bridgehead atoms. The van der Waals surface area contributed by atoms with Gasteiger partial charge in [0.2, 0.25) is 0 Å². The van der Waals surface area contributed by atoms with Crippen molar-refractivity contribution in [2.75, 3.05) is 0 Å². The molecule has 78 valence electrons. The van der Waals surface area contributed by atoms with E-state index in [9.17, 15) is 0 Å². The largest absolute Gasteiger partial charge is 0.324 e. The van der Waals surface area contributed by atoms with Crippen molar-refractivity contribution in [1.29, 1.82) is 0 Å². The Morgan fingerprint density at radius 2 is 2.27 bits per heavy atom. The van der Waals surface area contributed by atoms with Gasteiger partial charge in [0.25, 0.3) is 0 Å². The fourth-order valence-electron chi connectivity index (χ4n) is 1.06. The molecule has 2 aromatic rings. The number of nitrogens with zero attached hydrogens (tertiary/aromatic N) is 3. The molecule has 0 aliphatic rings. The summed E-state index contributed by atoms with van der Waals surface area (Å²) in [6.45, 7) is 1.93. The molecular formula is C9H11N5S. The average Bonchev–Trinajstić information content (AvgIpc) is 2.71. The lowest BCUT2D eigenvalue weighted by molar-refractivity contribution is 0.806. The maximum absolute atomic E-state index is 5.72. The van der Waals surface area contributed by atoms with E-state index in [4.69, 9.17) is 5.73 Å². The van der Waals surface area contributed by atoms with Gasteiger partial charge < -0.3 is 5.73 Å². The first-order valence-electron chi connectivity index (χ1n) is 4.50. The zero-order chi connectivity index (χ0) is 10.7. The monoisotopic (exact) mass is 221 g/mol. The second-order valence-electron chi connectivity index (χ2n) is 3.11. The summed E-state index contributed by atoms with van der Waals surface area (Å²) in [4.78, 5) is 8.27. The fraction of sp³-hybridized carbons (Fsp3) is 0.222. The summed E-state index contributed by atoms with van der Waals surface area (Å²) in [6.07, 6.45) is 3.25. The smallest absolute Gasteiger partial charge is 0.189 e. The zero-order valence-electron chi connectivity index (χ0n) is 8.21. The second kappa shape index (κ2) is 4.41. The predicted octanol–water partition coefficient (Wildman–Crippen LogP) is 1.37. The van der Waals surface area contributed by atoms with E-state index in [0.29, 0.717) is 0 Å². The molecule has 0 aliphatic carbocycles. The van der Waals surface area contributed by atoms with Crippen molar-refractivity contribution in [2.45, 2.75) is 23.1 Å². The van der Waals surface area contributed by atoms with Gasteiger partial charge in [0.1, 0.15) is 11.4 Å². The molecule has 1 atom stereocenters. The second-order valence-corrected chi connectivity index (χ2v) is 4.12. The minimum atomic E-state index is 0.0156. The quantitative estimate of drug-likeness (QED) is 0.818. The topological polar surface area (TPSA) is 80.5 Å². The molecule has 1 unspecified atom stereocenters. The van der Waals surface area contributed by atoms with Gasteiger partial charge in [0, 0.05) is 12.2 Å². The maximum atomic E-state index is 5.72. The third-order valence-corrected chi connectivity index (χ3v) is 2.72. The standard InChI is InChI=1S/C9H11N5S/c1-6(10)7-2-3-8(11-4-7)15-9-12-5-13-14-9/h2-6H,10H2,1H3,(H,12,13,14). The molecule has 0 saturated carbocycles. The molecule has 0 aromatic carbocycles. The van der Waals surface area contributed by atoms with E-state index in [1.54, 1.807) is 6.20 Å². The van der Waals surface area contributed by atoms with Gasteiger partial charge in [-0.25, -0.2) is 9.97 Å². The van der Waals surface area contributed by atoms with Crippen molar-refractivity contribution in [3.05, 3.63) is 30.2 Å². The van der Waals surface area contributed by atoms with Crippen LogP contribution in [0.5, 0.6) is 0 Å². The normalized spacial score (nSPS) is 12.7. The van der Waals surface area contributed by atoms with Gasteiger partial charge >= 0.3 is 0 Å². The summed E-state index contributed by atoms with van der Waals surface area (Å²) in [6, 6.07) is 3.91. The van der Waals surface area contributed by atoms with Crippen LogP contribution in [0.4, 0.5) is 0 Å². The number of nitrogens with two attached hydrogens (primary N) is 1. The van der Waals surface area contributed by atoms with Crippen molar-refractivity contribution in [2.24, 2.45) is 5.73 Å². The zero-order valence-corrected chi connectivity index (χ0v) is 9.03. The summed E-state index contributed by atoms with van der Waals surface area (Å²) in [5.41, 5.74) is 6.75. The van der Waals surface area contributed by atoms with Gasteiger partial charge in [-0.3, -0.25) is 5.10 Å². The Morgan fingerprint density at radius 3 is 2.80 bits per heavy atom. The molecular weight excluding hydrogens is 210 g/mol. The van der Waals surface area contributed by atoms with E-state index in [1.807, 2.05) is 19.1 Å². The Hall–Kier alpha value is -1.40. The van der Waals surface area contributed by atoms with Crippen LogP contribution in [0.1, 0.15) is 18.5 Å². The molecule has 0 saturated heterocycles. The highest BCUT2D eigenvalue weighted by Gasteiger charge is 2.03. The number of hydrogen-bond acceptors (Lipinski definition) is 5. The summed E-state index contributed by atoms with van der Waals surface area (Å²) >= 11 is 1.43. The lowest BCUT2D eigenvalue weighted by Crippen LogP contribution is -2.04. The van der Waals surface area contributed by atoms with E-state index in [0.717, 1.165) is 15.7 Å². The molecule has 2 heterocycles. The highest BCUT2D eigenvalue weighted by Crippen LogP contribution is 2.22. The fourth-order valence-corrected chi connectivity index (χ4v) is 1.70. The first kappa shape index (κ1) is 10.1. The van der Waals surface area contributed by atoms with Gasteiger partial charge in [-0.2, -0.15) is 5.10 Å². The van der Waals surface area contributed by atoms with Crippen LogP contribution in [0.2, 0.25) is 0 Å². The van der Waals surface area contributed by atoms with Gasteiger partial charge in [-0.15, -0.1) is 0 Å². The number of rotatable bonds is 3. The number of pyridine rings is 1. The van der Waals surface area contributed by atoms with E-state index in [-0.39, 0.29) is 6.04 Å². The van der Waals surface area contributed by atoms with Crippen LogP contribution in [-0.2, 0) is 0 Å². The van der Waals surface area contributed by atoms with Crippen LogP contribution in [0.25, 0.3) is 0 Å². The molecule has 2 rings (SSSR count). The first-order chi connectivity index (χ1) is 7.25. The Labute approximate surface area is 91.5 Å². The van der Waals surface area contributed by atoms with Crippen LogP contribution in [0, 0.1) is 0 Å². The minimum Gasteiger partial charge on any atom is -0.324 e. The first-order valence-corrected chi connectivity index (χ1v) is 5.32. The van der Waals surface area contributed by atoms with E-state index >= 15 is 0 Å². The number of aromatic nitrogens is 4. The van der Waals surface area contributed by atoms with Gasteiger partial charge in [-0.05, 0) is 30.3 Å². The van der Waals surface area contributed by atoms with Crippen molar-refractivity contribution in [3.8, 4) is 0 Å². The molecule has 0 spiro atoms. The van der Waals surface area contributed by atoms with Crippen LogP contribution >= 0.6 is 11.8 Å². The van der Waals surface area contributed by atoms with E-state index < -0.39 is 0 Å². The molecule has 3 N–H and O–H groups in total. The van der Waals surface area contributed by atoms with Gasteiger partial charge in [0.15, 0.2) is 5.16 Å². The number of hydrogen-bond donors (Lipinski definition) is 2. The molecule has 6 heteroatoms. The minimum absolute atomic E-state index is 0.0156. The van der Waals surface area contributed by atoms with Crippen molar-refractivity contribution >= 4 is 11.8 Å². The number of nitrogens with one attached hydrogen (secondary N) is 1. The van der Waals surface area contributed by atoms with Crippen molar-refractivity contribution in [1.82, 2.24) is 20.2 Å². The van der Waals surface area contributed by atoms with Crippen LogP contribution in [0.15, 0.2) is 34.8 Å². The number of H-pyrrole nitrogens is 1. The summed E-state index contributed by atoms with van der Waals surface area (Å²) < 4.78 is 0. The lowest BCUT2D eigenvalue weighted by Gasteiger charge is -2.04. The van der Waals surface area contributed by atoms with E-state index in [1.165, 1.54) is 18.1 Å². The molecule has 5 nitrogen and oxygen atoms in total. The summed E-state index contributed by atoms with van der Waals surface area (Å²) in [5, 5.41) is 8.12. The van der Waals surface area contributed by atoms with Crippen molar-refractivity contribution < 1.29 is 0 Å². The summed E-state index contributed by atoms with van der Waals surface area (Å²) in [7, 11) is 0. The molecule has 0 fully saturated rings. The number of aromatic amines is 1. The van der Waals surface area contributed by atoms with Crippen LogP contribution < -0.4 is 5.73 Å². The third-order valence-electron chi connectivity index (χ3n) is 1.88. The predicted molar refractivity (Wildman–Crippen MR) is 57.3 cm³/mol. The molecule has 0 aliphatic heterocycles. The van der Waals surface area contributed by atoms with Crippen LogP contribution in [-0.4, -0.2) is 20.2 Å². The Kier molecular flexibility index (Phi) is 2.98. The Bertz CT molecular complexity index is 409. The van der Waals surface area contributed by atoms with Gasteiger partial charge in [0.05, 0.1) is 0 Å². The third kappa shape index (κ3) is 2.54. The van der Waals surface area contributed by atoms with E-state index in [2.05, 4.69) is 20.2 Å². The maximum Gasteiger partial charge on any atom is 0.189 e. The van der Waals surface area contributed by atoms with Crippen LogP contribution in [0.3, 0.4) is 0 Å². The average molecular weight is 221 g/mol. The van der Waals surface area contributed by atoms with Crippen molar-refractivity contribution in [3.63, 3.8) is 0 Å². The van der Waals surface area contributed by atoms with Gasteiger partial charge in [-0.1, -0.05) is 6.07 Å². The lowest BCUT2D eigenvalue weighted by atomic mass is 10.2. The summed E-state index contributed by atoms with van der Waals surface area (Å²) in [5.74, 6) is 0. The molecule has 0 amide bonds. The molecule has 0 radical (unpaired) electrons. The highest BCUT2D eigenvalue weighted by atomic mass is 32.2. The SMILES string of the molecule is CC(N)c1ccc(Sc2ncn[nH]2)nc1. The highest BCUT2D eigenvalue weighted by molar-refractivity contribution is 7.99. The Morgan fingerprint density at radius 1 is 1.40 bits per heavy atom. The molecule has 15 heavy (non-hydrogen) atoms.